The summed E-state index contributed by atoms with van der Waals surface area (Å²) >= 11 is 0. The molecule has 0 radical (unpaired) electrons. The summed E-state index contributed by atoms with van der Waals surface area (Å²) in [7, 11) is 0. The van der Waals surface area contributed by atoms with Crippen molar-refractivity contribution in [2.75, 3.05) is 0 Å². The van der Waals surface area contributed by atoms with E-state index < -0.39 is 0 Å². The van der Waals surface area contributed by atoms with E-state index in [-0.39, 0.29) is 0 Å². The Hall–Kier alpha value is -6.39. The van der Waals surface area contributed by atoms with Gasteiger partial charge < -0.3 is 9.13 Å². The molecule has 0 aliphatic heterocycles. The second-order valence-corrected chi connectivity index (χ2v) is 12.4. The van der Waals surface area contributed by atoms with Gasteiger partial charge in [-0.15, -0.1) is 0 Å². The Labute approximate surface area is 268 Å². The minimum Gasteiger partial charge on any atom is -0.309 e. The van der Waals surface area contributed by atoms with Gasteiger partial charge in [0.2, 0.25) is 0 Å². The first-order valence-electron chi connectivity index (χ1n) is 16.1. The highest BCUT2D eigenvalue weighted by Gasteiger charge is 2.22. The number of para-hydroxylation sites is 6. The Morgan fingerprint density at radius 1 is 0.340 bits per heavy atom. The number of benzene rings is 7. The van der Waals surface area contributed by atoms with Gasteiger partial charge in [-0.2, -0.15) is 0 Å². The van der Waals surface area contributed by atoms with Gasteiger partial charge in [0, 0.05) is 43.7 Å². The average Bonchev–Trinajstić information content (AvgIpc) is 3.79. The minimum absolute atomic E-state index is 0.978. The van der Waals surface area contributed by atoms with Gasteiger partial charge >= 0.3 is 0 Å². The van der Waals surface area contributed by atoms with Crippen LogP contribution in [0.5, 0.6) is 0 Å². The third-order valence-corrected chi connectivity index (χ3v) is 9.97. The number of hydrogen-bond donors (Lipinski definition) is 0. The van der Waals surface area contributed by atoms with Crippen molar-refractivity contribution in [1.29, 1.82) is 0 Å². The van der Waals surface area contributed by atoms with Crippen LogP contribution >= 0.6 is 0 Å². The number of fused-ring (bicyclic) bond motifs is 15. The number of imidazole rings is 1. The van der Waals surface area contributed by atoms with Gasteiger partial charge in [0.1, 0.15) is 5.65 Å². The topological polar surface area (TPSA) is 27.2 Å². The van der Waals surface area contributed by atoms with Crippen LogP contribution < -0.4 is 0 Å². The van der Waals surface area contributed by atoms with Crippen LogP contribution in [0.25, 0.3) is 93.3 Å². The second-order valence-electron chi connectivity index (χ2n) is 12.4. The molecule has 0 aliphatic rings. The molecule has 0 atom stereocenters. The highest BCUT2D eigenvalue weighted by molar-refractivity contribution is 6.31. The number of hydrogen-bond acceptors (Lipinski definition) is 1. The van der Waals surface area contributed by atoms with Crippen molar-refractivity contribution in [2.24, 2.45) is 0 Å². The van der Waals surface area contributed by atoms with Gasteiger partial charge in [-0.05, 0) is 78.2 Å². The molecule has 0 fully saturated rings. The first-order chi connectivity index (χ1) is 23.3. The molecular weight excluding hydrogens is 573 g/mol. The van der Waals surface area contributed by atoms with Gasteiger partial charge in [-0.25, -0.2) is 4.98 Å². The highest BCUT2D eigenvalue weighted by atomic mass is 15.0. The summed E-state index contributed by atoms with van der Waals surface area (Å²) in [6, 6.07) is 56.9. The summed E-state index contributed by atoms with van der Waals surface area (Å²) in [5.74, 6) is 0. The molecule has 4 nitrogen and oxygen atoms in total. The predicted octanol–water partition coefficient (Wildman–Crippen LogP) is 11.0. The Morgan fingerprint density at radius 3 is 1.64 bits per heavy atom. The molecule has 4 heterocycles. The SMILES string of the molecule is c1ccc(-n2c3ccccc3c3cc4c(cc32)c2nc3ccccc3n2c2ccc3c(c5ccccc5n3-c3ccccc3)c42)cc1. The van der Waals surface area contributed by atoms with Crippen molar-refractivity contribution in [3.8, 4) is 11.4 Å². The van der Waals surface area contributed by atoms with Crippen molar-refractivity contribution in [2.45, 2.75) is 0 Å². The lowest BCUT2D eigenvalue weighted by molar-refractivity contribution is 1.18. The average molecular weight is 599 g/mol. The Bertz CT molecular complexity index is 3050. The van der Waals surface area contributed by atoms with Gasteiger partial charge in [-0.1, -0.05) is 84.9 Å². The Kier molecular flexibility index (Phi) is 4.81. The summed E-state index contributed by atoms with van der Waals surface area (Å²) in [6.07, 6.45) is 0. The summed E-state index contributed by atoms with van der Waals surface area (Å²) in [6.45, 7) is 0. The molecule has 11 aromatic rings. The fraction of sp³-hybridized carbons (Fsp3) is 0. The van der Waals surface area contributed by atoms with E-state index in [9.17, 15) is 0 Å². The van der Waals surface area contributed by atoms with Crippen LogP contribution in [0.1, 0.15) is 0 Å². The first-order valence-corrected chi connectivity index (χ1v) is 16.1. The zero-order valence-electron chi connectivity index (χ0n) is 25.3. The van der Waals surface area contributed by atoms with Crippen LogP contribution in [-0.4, -0.2) is 18.5 Å². The van der Waals surface area contributed by atoms with E-state index in [2.05, 4.69) is 171 Å². The third kappa shape index (κ3) is 3.23. The van der Waals surface area contributed by atoms with Crippen LogP contribution in [0.4, 0.5) is 0 Å². The van der Waals surface area contributed by atoms with Gasteiger partial charge in [0.25, 0.3) is 0 Å². The lowest BCUT2D eigenvalue weighted by Gasteiger charge is -2.13. The molecule has 47 heavy (non-hydrogen) atoms. The van der Waals surface area contributed by atoms with Crippen LogP contribution in [-0.2, 0) is 0 Å². The molecule has 7 aromatic carbocycles. The number of rotatable bonds is 2. The molecular formula is C43H26N4. The molecule has 0 spiro atoms. The molecule has 0 aliphatic carbocycles. The molecule has 218 valence electrons. The maximum atomic E-state index is 5.30. The van der Waals surface area contributed by atoms with Crippen molar-refractivity contribution in [3.63, 3.8) is 0 Å². The predicted molar refractivity (Wildman–Crippen MR) is 196 cm³/mol. The van der Waals surface area contributed by atoms with Crippen molar-refractivity contribution < 1.29 is 0 Å². The molecule has 0 N–H and O–H groups in total. The van der Waals surface area contributed by atoms with Gasteiger partial charge in [0.15, 0.2) is 0 Å². The zero-order valence-corrected chi connectivity index (χ0v) is 25.3. The zero-order chi connectivity index (χ0) is 30.6. The molecule has 0 amide bonds. The summed E-state index contributed by atoms with van der Waals surface area (Å²) in [5, 5.41) is 8.60. The van der Waals surface area contributed by atoms with Crippen LogP contribution in [0.2, 0.25) is 0 Å². The molecule has 11 rings (SSSR count). The first kappa shape index (κ1) is 24.9. The Morgan fingerprint density at radius 2 is 0.894 bits per heavy atom. The van der Waals surface area contributed by atoms with E-state index in [0.717, 1.165) is 39.0 Å². The molecule has 0 saturated carbocycles. The van der Waals surface area contributed by atoms with E-state index >= 15 is 0 Å². The number of pyridine rings is 1. The lowest BCUT2D eigenvalue weighted by atomic mass is 9.98. The van der Waals surface area contributed by atoms with E-state index in [1.807, 2.05) is 0 Å². The molecule has 0 unspecified atom stereocenters. The van der Waals surface area contributed by atoms with Gasteiger partial charge in [0.05, 0.1) is 38.6 Å². The molecule has 4 aromatic heterocycles. The number of nitrogens with zero attached hydrogens (tertiary/aromatic N) is 4. The van der Waals surface area contributed by atoms with Crippen LogP contribution in [0.3, 0.4) is 0 Å². The third-order valence-electron chi connectivity index (χ3n) is 9.97. The van der Waals surface area contributed by atoms with E-state index in [1.165, 1.54) is 54.4 Å². The van der Waals surface area contributed by atoms with E-state index in [0.29, 0.717) is 0 Å². The second kappa shape index (κ2) is 9.09. The van der Waals surface area contributed by atoms with E-state index in [4.69, 9.17) is 4.98 Å². The smallest absolute Gasteiger partial charge is 0.146 e. The van der Waals surface area contributed by atoms with Crippen LogP contribution in [0.15, 0.2) is 158 Å². The number of aromatic nitrogens is 4. The minimum atomic E-state index is 0.978. The lowest BCUT2D eigenvalue weighted by Crippen LogP contribution is -1.96. The van der Waals surface area contributed by atoms with Crippen molar-refractivity contribution in [3.05, 3.63) is 158 Å². The van der Waals surface area contributed by atoms with Crippen molar-refractivity contribution in [1.82, 2.24) is 18.5 Å². The normalized spacial score (nSPS) is 12.3. The molecule has 0 saturated heterocycles. The molecule has 4 heteroatoms. The summed E-state index contributed by atoms with van der Waals surface area (Å²) in [5.41, 5.74) is 11.3. The molecule has 0 bridgehead atoms. The monoisotopic (exact) mass is 598 g/mol. The highest BCUT2D eigenvalue weighted by Crippen LogP contribution is 2.44. The largest absolute Gasteiger partial charge is 0.309 e. The maximum absolute atomic E-state index is 5.30. The van der Waals surface area contributed by atoms with Gasteiger partial charge in [-0.3, -0.25) is 4.40 Å². The fourth-order valence-corrected chi connectivity index (χ4v) is 8.08. The maximum Gasteiger partial charge on any atom is 0.146 e. The quantitative estimate of drug-likeness (QED) is 0.182. The fourth-order valence-electron chi connectivity index (χ4n) is 8.08. The van der Waals surface area contributed by atoms with Crippen molar-refractivity contribution >= 4 is 82.0 Å². The Balaban J connectivity index is 1.44. The van der Waals surface area contributed by atoms with E-state index in [1.54, 1.807) is 0 Å². The standard InChI is InChI=1S/C43H26N4/c1-3-13-27(14-4-1)45-36-21-11-8-18-30(36)41-38(45)23-24-39-42(41)32-25-31-29-17-7-10-20-35(29)46(28-15-5-2-6-16-28)40(31)26-33(32)43-44-34-19-9-12-22-37(34)47(39)43/h1-26H. The summed E-state index contributed by atoms with van der Waals surface area (Å²) < 4.78 is 7.18. The van der Waals surface area contributed by atoms with Crippen LogP contribution in [0, 0.1) is 0 Å². The summed E-state index contributed by atoms with van der Waals surface area (Å²) in [4.78, 5) is 5.30.